The molecule has 3 heterocycles. The minimum absolute atomic E-state index is 0.114. The Hall–Kier alpha value is -2.97. The number of furan rings is 1. The van der Waals surface area contributed by atoms with E-state index >= 15 is 0 Å². The highest BCUT2D eigenvalue weighted by molar-refractivity contribution is 7.16. The van der Waals surface area contributed by atoms with Crippen LogP contribution >= 0.6 is 11.3 Å². The summed E-state index contributed by atoms with van der Waals surface area (Å²) in [4.78, 5) is 28.2. The first-order chi connectivity index (χ1) is 16.0. The first-order valence-corrected chi connectivity index (χ1v) is 11.9. The van der Waals surface area contributed by atoms with Crippen LogP contribution in [0.2, 0.25) is 0 Å². The van der Waals surface area contributed by atoms with Crippen molar-refractivity contribution in [3.8, 4) is 0 Å². The van der Waals surface area contributed by atoms with E-state index in [2.05, 4.69) is 16.3 Å². The van der Waals surface area contributed by atoms with Crippen molar-refractivity contribution in [3.63, 3.8) is 0 Å². The molecular weight excluding hydrogens is 443 g/mol. The van der Waals surface area contributed by atoms with Gasteiger partial charge in [-0.25, -0.2) is 4.39 Å². The van der Waals surface area contributed by atoms with Gasteiger partial charge in [-0.05, 0) is 75.7 Å². The third kappa shape index (κ3) is 5.34. The highest BCUT2D eigenvalue weighted by Gasteiger charge is 2.33. The van der Waals surface area contributed by atoms with E-state index in [0.717, 1.165) is 21.0 Å². The van der Waals surface area contributed by atoms with E-state index in [1.165, 1.54) is 29.7 Å². The summed E-state index contributed by atoms with van der Waals surface area (Å²) in [6, 6.07) is 11.6. The lowest BCUT2D eigenvalue weighted by Crippen LogP contribution is -2.39. The van der Waals surface area contributed by atoms with E-state index in [1.807, 2.05) is 13.8 Å². The number of nitrogens with one attached hydrogen (secondary N) is 1. The van der Waals surface area contributed by atoms with Crippen LogP contribution in [0.1, 0.15) is 52.4 Å². The number of carbonyl (C=O) groups excluding carboxylic acids is 2. The molecule has 2 aromatic heterocycles. The molecule has 6 nitrogen and oxygen atoms in total. The van der Waals surface area contributed by atoms with Crippen LogP contribution in [0.5, 0.6) is 0 Å². The number of carbonyl (C=O) groups is 2. The molecule has 1 aliphatic rings. The van der Waals surface area contributed by atoms with Gasteiger partial charge in [0.25, 0.3) is 5.91 Å². The van der Waals surface area contributed by atoms with Crippen LogP contribution < -0.4 is 5.32 Å². The monoisotopic (exact) mass is 470 g/mol. The maximum Gasteiger partial charge on any atom is 0.309 e. The van der Waals surface area contributed by atoms with E-state index in [1.54, 1.807) is 24.3 Å². The van der Waals surface area contributed by atoms with Gasteiger partial charge in [-0.3, -0.25) is 14.5 Å². The number of ether oxygens (including phenoxy) is 1. The molecule has 8 heteroatoms. The van der Waals surface area contributed by atoms with Crippen molar-refractivity contribution >= 4 is 28.2 Å². The molecule has 4 rings (SSSR count). The zero-order valence-corrected chi connectivity index (χ0v) is 19.5. The lowest BCUT2D eigenvalue weighted by Gasteiger charge is -2.37. The van der Waals surface area contributed by atoms with Crippen LogP contribution in [0.15, 0.2) is 53.1 Å². The standard InChI is InChI=1S/C25H27FN2O4S/c1-3-31-25(30)18-10-12-28(13-11-18)22(17-6-8-19(26)9-7-17)20-15-16(2)33-24(20)27-23(29)21-5-4-14-32-21/h4-9,14-15,18,22H,3,10-13H2,1-2H3,(H,27,29)/t22-/m1/s1. The van der Waals surface area contributed by atoms with E-state index in [9.17, 15) is 14.0 Å². The van der Waals surface area contributed by atoms with Gasteiger partial charge in [0.15, 0.2) is 5.76 Å². The summed E-state index contributed by atoms with van der Waals surface area (Å²) < 4.78 is 24.1. The fourth-order valence-corrected chi connectivity index (χ4v) is 5.23. The number of benzene rings is 1. The predicted octanol–water partition coefficient (Wildman–Crippen LogP) is 5.41. The van der Waals surface area contributed by atoms with Crippen LogP contribution in [-0.2, 0) is 9.53 Å². The molecule has 1 fully saturated rings. The summed E-state index contributed by atoms with van der Waals surface area (Å²) in [6.45, 7) is 5.56. The number of thiophene rings is 1. The summed E-state index contributed by atoms with van der Waals surface area (Å²) in [5.74, 6) is -0.639. The topological polar surface area (TPSA) is 71.8 Å². The van der Waals surface area contributed by atoms with Gasteiger partial charge in [0.2, 0.25) is 0 Å². The van der Waals surface area contributed by atoms with Gasteiger partial charge >= 0.3 is 5.97 Å². The second kappa shape index (κ2) is 10.3. The molecule has 0 radical (unpaired) electrons. The second-order valence-electron chi connectivity index (χ2n) is 8.09. The molecule has 1 N–H and O–H groups in total. The number of hydrogen-bond donors (Lipinski definition) is 1. The minimum Gasteiger partial charge on any atom is -0.466 e. The molecule has 1 saturated heterocycles. The van der Waals surface area contributed by atoms with Gasteiger partial charge in [-0.1, -0.05) is 12.1 Å². The number of nitrogens with zero attached hydrogens (tertiary/aromatic N) is 1. The van der Waals surface area contributed by atoms with Gasteiger partial charge in [0.1, 0.15) is 10.8 Å². The lowest BCUT2D eigenvalue weighted by molar-refractivity contribution is -0.149. The molecule has 174 valence electrons. The molecule has 0 saturated carbocycles. The summed E-state index contributed by atoms with van der Waals surface area (Å²) in [6.07, 6.45) is 2.84. The number of anilines is 1. The maximum absolute atomic E-state index is 13.7. The summed E-state index contributed by atoms with van der Waals surface area (Å²) in [5.41, 5.74) is 1.87. The van der Waals surface area contributed by atoms with Crippen LogP contribution in [0.3, 0.4) is 0 Å². The zero-order chi connectivity index (χ0) is 23.4. The van der Waals surface area contributed by atoms with E-state index in [0.29, 0.717) is 32.5 Å². The number of aryl methyl sites for hydroxylation is 1. The Kier molecular flexibility index (Phi) is 7.25. The normalized spacial score (nSPS) is 15.8. The van der Waals surface area contributed by atoms with Crippen molar-refractivity contribution in [1.29, 1.82) is 0 Å². The molecule has 3 aromatic rings. The Morgan fingerprint density at radius 3 is 2.61 bits per heavy atom. The van der Waals surface area contributed by atoms with Gasteiger partial charge < -0.3 is 14.5 Å². The fraction of sp³-hybridized carbons (Fsp3) is 0.360. The molecule has 0 spiro atoms. The molecule has 33 heavy (non-hydrogen) atoms. The largest absolute Gasteiger partial charge is 0.466 e. The molecule has 0 aliphatic carbocycles. The molecule has 1 aliphatic heterocycles. The van der Waals surface area contributed by atoms with Gasteiger partial charge in [0, 0.05) is 10.4 Å². The number of amides is 1. The highest BCUT2D eigenvalue weighted by atomic mass is 32.1. The average Bonchev–Trinajstić information content (AvgIpc) is 3.46. The van der Waals surface area contributed by atoms with Crippen molar-refractivity contribution in [2.24, 2.45) is 5.92 Å². The number of piperidine rings is 1. The van der Waals surface area contributed by atoms with Crippen molar-refractivity contribution in [2.75, 3.05) is 25.0 Å². The third-order valence-corrected chi connectivity index (χ3v) is 6.83. The van der Waals surface area contributed by atoms with Crippen molar-refractivity contribution < 1.29 is 23.1 Å². The Morgan fingerprint density at radius 2 is 1.97 bits per heavy atom. The first-order valence-electron chi connectivity index (χ1n) is 11.1. The summed E-state index contributed by atoms with van der Waals surface area (Å²) in [7, 11) is 0. The Balaban J connectivity index is 1.63. The predicted molar refractivity (Wildman–Crippen MR) is 125 cm³/mol. The first kappa shape index (κ1) is 23.2. The molecule has 1 aromatic carbocycles. The average molecular weight is 471 g/mol. The van der Waals surface area contributed by atoms with Crippen LogP contribution in [-0.4, -0.2) is 36.5 Å². The van der Waals surface area contributed by atoms with Crippen LogP contribution in [0.4, 0.5) is 9.39 Å². The quantitative estimate of drug-likeness (QED) is 0.468. The fourth-order valence-electron chi connectivity index (χ4n) is 4.29. The SMILES string of the molecule is CCOC(=O)C1CCN([C@H](c2ccc(F)cc2)c2cc(C)sc2NC(=O)c2ccco2)CC1. The van der Waals surface area contributed by atoms with E-state index < -0.39 is 0 Å². The second-order valence-corrected chi connectivity index (χ2v) is 9.35. The number of halogens is 1. The molecule has 0 unspecified atom stereocenters. The van der Waals surface area contributed by atoms with Crippen molar-refractivity contribution in [1.82, 2.24) is 4.90 Å². The summed E-state index contributed by atoms with van der Waals surface area (Å²) >= 11 is 1.49. The molecular formula is C25H27FN2O4S. The summed E-state index contributed by atoms with van der Waals surface area (Å²) in [5, 5.41) is 3.72. The number of hydrogen-bond acceptors (Lipinski definition) is 6. The molecule has 1 atom stereocenters. The van der Waals surface area contributed by atoms with Crippen LogP contribution in [0, 0.1) is 18.7 Å². The lowest BCUT2D eigenvalue weighted by atomic mass is 9.91. The number of likely N-dealkylation sites (tertiary alicyclic amines) is 1. The Labute approximate surface area is 196 Å². The Morgan fingerprint density at radius 1 is 1.24 bits per heavy atom. The van der Waals surface area contributed by atoms with E-state index in [-0.39, 0.29) is 35.4 Å². The van der Waals surface area contributed by atoms with E-state index in [4.69, 9.17) is 9.15 Å². The Bertz CT molecular complexity index is 1090. The maximum atomic E-state index is 13.7. The number of esters is 1. The minimum atomic E-state index is -0.318. The molecule has 0 bridgehead atoms. The zero-order valence-electron chi connectivity index (χ0n) is 18.7. The van der Waals surface area contributed by atoms with Crippen LogP contribution in [0.25, 0.3) is 0 Å². The van der Waals surface area contributed by atoms with Gasteiger partial charge in [-0.2, -0.15) is 0 Å². The van der Waals surface area contributed by atoms with Gasteiger partial charge in [0.05, 0.1) is 24.8 Å². The number of rotatable bonds is 7. The van der Waals surface area contributed by atoms with Crippen molar-refractivity contribution in [3.05, 3.63) is 76.3 Å². The highest BCUT2D eigenvalue weighted by Crippen LogP contribution is 2.40. The smallest absolute Gasteiger partial charge is 0.309 e. The third-order valence-electron chi connectivity index (χ3n) is 5.85. The van der Waals surface area contributed by atoms with Crippen molar-refractivity contribution in [2.45, 2.75) is 32.7 Å². The van der Waals surface area contributed by atoms with Gasteiger partial charge in [-0.15, -0.1) is 11.3 Å². The molecule has 1 amide bonds.